The summed E-state index contributed by atoms with van der Waals surface area (Å²) in [5, 5.41) is 2.87. The standard InChI is InChI=1S/C19H22N4O3/c1-14(24)22-9-11-23(12-10-22)18-13-15(7-8-20-18)19(25)21-16-5-3-4-6-17(16)26-2/h3-8,13H,9-12H2,1-2H3,(H,21,25). The van der Waals surface area contributed by atoms with Gasteiger partial charge in [-0.1, -0.05) is 12.1 Å². The van der Waals surface area contributed by atoms with Gasteiger partial charge >= 0.3 is 0 Å². The number of carbonyl (C=O) groups excluding carboxylic acids is 2. The minimum atomic E-state index is -0.222. The maximum atomic E-state index is 12.6. The summed E-state index contributed by atoms with van der Waals surface area (Å²) in [6, 6.07) is 10.7. The van der Waals surface area contributed by atoms with Gasteiger partial charge in [0.25, 0.3) is 5.91 Å². The van der Waals surface area contributed by atoms with E-state index in [0.717, 1.165) is 5.82 Å². The van der Waals surface area contributed by atoms with Crippen molar-refractivity contribution in [3.8, 4) is 5.75 Å². The van der Waals surface area contributed by atoms with Gasteiger partial charge < -0.3 is 19.9 Å². The lowest BCUT2D eigenvalue weighted by Crippen LogP contribution is -2.48. The second kappa shape index (κ2) is 7.86. The first-order valence-electron chi connectivity index (χ1n) is 8.49. The smallest absolute Gasteiger partial charge is 0.255 e. The van der Waals surface area contributed by atoms with E-state index < -0.39 is 0 Å². The molecule has 1 N–H and O–H groups in total. The summed E-state index contributed by atoms with van der Waals surface area (Å²) in [5.41, 5.74) is 1.14. The molecule has 0 radical (unpaired) electrons. The molecule has 1 saturated heterocycles. The number of nitrogens with zero attached hydrogens (tertiary/aromatic N) is 3. The number of hydrogen-bond acceptors (Lipinski definition) is 5. The van der Waals surface area contributed by atoms with Crippen molar-refractivity contribution < 1.29 is 14.3 Å². The number of piperazine rings is 1. The average molecular weight is 354 g/mol. The number of aromatic nitrogens is 1. The fourth-order valence-electron chi connectivity index (χ4n) is 2.93. The van der Waals surface area contributed by atoms with Gasteiger partial charge in [-0.05, 0) is 24.3 Å². The van der Waals surface area contributed by atoms with Gasteiger partial charge in [0.15, 0.2) is 0 Å². The second-order valence-electron chi connectivity index (χ2n) is 6.05. The number of methoxy groups -OCH3 is 1. The highest BCUT2D eigenvalue weighted by Gasteiger charge is 2.20. The fraction of sp³-hybridized carbons (Fsp3) is 0.316. The molecule has 1 aliphatic rings. The second-order valence-corrected chi connectivity index (χ2v) is 6.05. The Morgan fingerprint density at radius 2 is 1.85 bits per heavy atom. The molecule has 2 aromatic rings. The van der Waals surface area contributed by atoms with Crippen LogP contribution in [0, 0.1) is 0 Å². The lowest BCUT2D eigenvalue weighted by Gasteiger charge is -2.35. The summed E-state index contributed by atoms with van der Waals surface area (Å²) in [6.45, 7) is 4.30. The van der Waals surface area contributed by atoms with Gasteiger partial charge in [0.1, 0.15) is 11.6 Å². The highest BCUT2D eigenvalue weighted by Crippen LogP contribution is 2.24. The first kappa shape index (κ1) is 17.7. The van der Waals surface area contributed by atoms with Gasteiger partial charge in [-0.25, -0.2) is 4.98 Å². The highest BCUT2D eigenvalue weighted by atomic mass is 16.5. The van der Waals surface area contributed by atoms with E-state index in [-0.39, 0.29) is 11.8 Å². The van der Waals surface area contributed by atoms with Crippen LogP contribution in [0.25, 0.3) is 0 Å². The molecule has 0 bridgehead atoms. The number of ether oxygens (including phenoxy) is 1. The Balaban J connectivity index is 1.71. The Morgan fingerprint density at radius 1 is 1.12 bits per heavy atom. The van der Waals surface area contributed by atoms with Crippen molar-refractivity contribution in [3.05, 3.63) is 48.2 Å². The number of carbonyl (C=O) groups is 2. The zero-order chi connectivity index (χ0) is 18.5. The van der Waals surface area contributed by atoms with Crippen LogP contribution in [0.5, 0.6) is 5.75 Å². The SMILES string of the molecule is COc1ccccc1NC(=O)c1ccnc(N2CCN(C(C)=O)CC2)c1. The van der Waals surface area contributed by atoms with E-state index in [1.165, 1.54) is 0 Å². The molecule has 2 heterocycles. The molecular formula is C19H22N4O3. The maximum absolute atomic E-state index is 12.6. The molecule has 2 amide bonds. The molecule has 1 aliphatic heterocycles. The van der Waals surface area contributed by atoms with E-state index >= 15 is 0 Å². The van der Waals surface area contributed by atoms with Crippen LogP contribution < -0.4 is 15.0 Å². The van der Waals surface area contributed by atoms with E-state index in [0.29, 0.717) is 43.2 Å². The normalized spacial score (nSPS) is 14.1. The minimum absolute atomic E-state index is 0.0857. The molecule has 1 aromatic carbocycles. The van der Waals surface area contributed by atoms with Crippen molar-refractivity contribution >= 4 is 23.3 Å². The molecule has 136 valence electrons. The Morgan fingerprint density at radius 3 is 2.54 bits per heavy atom. The van der Waals surface area contributed by atoms with E-state index in [9.17, 15) is 9.59 Å². The minimum Gasteiger partial charge on any atom is -0.495 e. The Labute approximate surface area is 152 Å². The van der Waals surface area contributed by atoms with E-state index in [2.05, 4.69) is 15.2 Å². The largest absolute Gasteiger partial charge is 0.495 e. The first-order valence-corrected chi connectivity index (χ1v) is 8.49. The summed E-state index contributed by atoms with van der Waals surface area (Å²) in [6.07, 6.45) is 1.63. The maximum Gasteiger partial charge on any atom is 0.255 e. The lowest BCUT2D eigenvalue weighted by molar-refractivity contribution is -0.129. The number of rotatable bonds is 4. The fourth-order valence-corrected chi connectivity index (χ4v) is 2.93. The van der Waals surface area contributed by atoms with Crippen LogP contribution in [0.3, 0.4) is 0 Å². The monoisotopic (exact) mass is 354 g/mol. The third kappa shape index (κ3) is 3.93. The molecule has 1 aromatic heterocycles. The molecular weight excluding hydrogens is 332 g/mol. The van der Waals surface area contributed by atoms with Crippen LogP contribution in [0.2, 0.25) is 0 Å². The van der Waals surface area contributed by atoms with Crippen LogP contribution in [0.15, 0.2) is 42.6 Å². The molecule has 3 rings (SSSR count). The zero-order valence-corrected chi connectivity index (χ0v) is 14.9. The Bertz CT molecular complexity index is 801. The first-order chi connectivity index (χ1) is 12.6. The van der Waals surface area contributed by atoms with Gasteiger partial charge in [0, 0.05) is 44.9 Å². The van der Waals surface area contributed by atoms with Gasteiger partial charge in [-0.3, -0.25) is 9.59 Å². The number of nitrogens with one attached hydrogen (secondary N) is 1. The molecule has 26 heavy (non-hydrogen) atoms. The highest BCUT2D eigenvalue weighted by molar-refractivity contribution is 6.05. The van der Waals surface area contributed by atoms with Gasteiger partial charge in [-0.2, -0.15) is 0 Å². The van der Waals surface area contributed by atoms with Crippen LogP contribution in [0.4, 0.5) is 11.5 Å². The van der Waals surface area contributed by atoms with E-state index in [4.69, 9.17) is 4.74 Å². The number of benzene rings is 1. The average Bonchev–Trinajstić information content (AvgIpc) is 2.68. The quantitative estimate of drug-likeness (QED) is 0.909. The Hall–Kier alpha value is -3.09. The predicted molar refractivity (Wildman–Crippen MR) is 99.7 cm³/mol. The van der Waals surface area contributed by atoms with Crippen LogP contribution in [-0.2, 0) is 4.79 Å². The number of anilines is 2. The molecule has 0 atom stereocenters. The van der Waals surface area contributed by atoms with Crippen LogP contribution in [0.1, 0.15) is 17.3 Å². The predicted octanol–water partition coefficient (Wildman–Crippen LogP) is 2.01. The molecule has 1 fully saturated rings. The summed E-state index contributed by atoms with van der Waals surface area (Å²) in [4.78, 5) is 32.3. The van der Waals surface area contributed by atoms with Crippen molar-refractivity contribution in [1.29, 1.82) is 0 Å². The molecule has 7 heteroatoms. The van der Waals surface area contributed by atoms with Crippen LogP contribution >= 0.6 is 0 Å². The third-order valence-electron chi connectivity index (χ3n) is 4.41. The Kier molecular flexibility index (Phi) is 5.36. The summed E-state index contributed by atoms with van der Waals surface area (Å²) in [7, 11) is 1.57. The molecule has 0 spiro atoms. The topological polar surface area (TPSA) is 74.8 Å². The molecule has 0 unspecified atom stereocenters. The van der Waals surface area contributed by atoms with Crippen molar-refractivity contribution in [3.63, 3.8) is 0 Å². The van der Waals surface area contributed by atoms with Crippen molar-refractivity contribution in [1.82, 2.24) is 9.88 Å². The zero-order valence-electron chi connectivity index (χ0n) is 14.9. The number of amides is 2. The van der Waals surface area contributed by atoms with Crippen molar-refractivity contribution in [2.75, 3.05) is 43.5 Å². The molecule has 0 aliphatic carbocycles. The number of hydrogen-bond donors (Lipinski definition) is 1. The van der Waals surface area contributed by atoms with Gasteiger partial charge in [0.2, 0.25) is 5.91 Å². The summed E-state index contributed by atoms with van der Waals surface area (Å²) >= 11 is 0. The third-order valence-corrected chi connectivity index (χ3v) is 4.41. The van der Waals surface area contributed by atoms with Crippen molar-refractivity contribution in [2.45, 2.75) is 6.92 Å². The van der Waals surface area contributed by atoms with Crippen molar-refractivity contribution in [2.24, 2.45) is 0 Å². The number of para-hydroxylation sites is 2. The number of pyridine rings is 1. The summed E-state index contributed by atoms with van der Waals surface area (Å²) in [5.74, 6) is 1.21. The van der Waals surface area contributed by atoms with Gasteiger partial charge in [-0.15, -0.1) is 0 Å². The van der Waals surface area contributed by atoms with E-state index in [1.54, 1.807) is 44.5 Å². The summed E-state index contributed by atoms with van der Waals surface area (Å²) < 4.78 is 5.26. The van der Waals surface area contributed by atoms with E-state index in [1.807, 2.05) is 17.0 Å². The van der Waals surface area contributed by atoms with Gasteiger partial charge in [0.05, 0.1) is 12.8 Å². The lowest BCUT2D eigenvalue weighted by atomic mass is 10.2. The van der Waals surface area contributed by atoms with Crippen LogP contribution in [-0.4, -0.2) is 55.0 Å². The molecule has 0 saturated carbocycles. The molecule has 7 nitrogen and oxygen atoms in total.